The third kappa shape index (κ3) is 9.56. The number of carboxylic acid groups (broad SMARTS) is 2. The molecule has 30 heavy (non-hydrogen) atoms. The summed E-state index contributed by atoms with van der Waals surface area (Å²) in [4.78, 5) is 70.3. The van der Waals surface area contributed by atoms with E-state index in [2.05, 4.69) is 28.6 Å². The van der Waals surface area contributed by atoms with Gasteiger partial charge < -0.3 is 37.6 Å². The Morgan fingerprint density at radius 3 is 1.63 bits per heavy atom. The first-order valence-electron chi connectivity index (χ1n) is 8.80. The zero-order valence-corrected chi connectivity index (χ0v) is 17.3. The Morgan fingerprint density at radius 1 is 0.833 bits per heavy atom. The molecule has 4 amide bonds. The molecule has 0 rings (SSSR count). The maximum Gasteiger partial charge on any atom is 0.327 e. The first-order valence-corrected chi connectivity index (χ1v) is 9.43. The molecule has 0 radical (unpaired) electrons. The lowest BCUT2D eigenvalue weighted by molar-refractivity contribution is -0.143. The van der Waals surface area contributed by atoms with Gasteiger partial charge in [-0.2, -0.15) is 12.6 Å². The molecule has 0 heterocycles. The minimum absolute atomic E-state index is 0.275. The van der Waals surface area contributed by atoms with Gasteiger partial charge >= 0.3 is 11.9 Å². The second kappa shape index (κ2) is 12.6. The summed E-state index contributed by atoms with van der Waals surface area (Å²) >= 11 is 3.78. The zero-order valence-electron chi connectivity index (χ0n) is 16.5. The summed E-state index contributed by atoms with van der Waals surface area (Å²) in [6.07, 6.45) is -1.53. The second-order valence-corrected chi connectivity index (χ2v) is 7.11. The van der Waals surface area contributed by atoms with Gasteiger partial charge in [0.05, 0.1) is 18.9 Å². The van der Waals surface area contributed by atoms with Crippen molar-refractivity contribution in [3.8, 4) is 0 Å². The van der Waals surface area contributed by atoms with Crippen LogP contribution in [0.3, 0.4) is 0 Å². The van der Waals surface area contributed by atoms with Crippen LogP contribution in [0.15, 0.2) is 0 Å². The van der Waals surface area contributed by atoms with Crippen molar-refractivity contribution in [1.82, 2.24) is 16.0 Å². The van der Waals surface area contributed by atoms with Gasteiger partial charge in [-0.25, -0.2) is 4.79 Å². The molecule has 0 saturated carbocycles. The minimum Gasteiger partial charge on any atom is -0.481 e. The van der Waals surface area contributed by atoms with Gasteiger partial charge in [0, 0.05) is 5.75 Å². The number of nitrogens with two attached hydrogens (primary N) is 2. The van der Waals surface area contributed by atoms with E-state index in [1.54, 1.807) is 13.8 Å². The van der Waals surface area contributed by atoms with E-state index in [1.807, 2.05) is 0 Å². The number of primary amides is 1. The summed E-state index contributed by atoms with van der Waals surface area (Å²) in [5.41, 5.74) is 10.7. The number of thiol groups is 1. The summed E-state index contributed by atoms with van der Waals surface area (Å²) in [6, 6.07) is -5.65. The fourth-order valence-corrected chi connectivity index (χ4v) is 2.34. The second-order valence-electron chi connectivity index (χ2n) is 6.74. The molecule has 0 aromatic carbocycles. The topological polar surface area (TPSA) is 231 Å². The van der Waals surface area contributed by atoms with Crippen LogP contribution in [0.5, 0.6) is 0 Å². The lowest BCUT2D eigenvalue weighted by atomic mass is 10.0. The van der Waals surface area contributed by atoms with Gasteiger partial charge in [0.15, 0.2) is 0 Å². The van der Waals surface area contributed by atoms with E-state index in [1.165, 1.54) is 0 Å². The molecule has 170 valence electrons. The molecule has 0 aromatic rings. The maximum absolute atomic E-state index is 12.5. The predicted molar refractivity (Wildman–Crippen MR) is 106 cm³/mol. The van der Waals surface area contributed by atoms with Gasteiger partial charge in [-0.1, -0.05) is 13.8 Å². The van der Waals surface area contributed by atoms with Crippen molar-refractivity contribution in [3.63, 3.8) is 0 Å². The van der Waals surface area contributed by atoms with E-state index in [4.69, 9.17) is 21.7 Å². The number of rotatable bonds is 13. The third-order valence-corrected chi connectivity index (χ3v) is 4.23. The molecule has 0 aromatic heterocycles. The Morgan fingerprint density at radius 2 is 1.27 bits per heavy atom. The molecular formula is C16H27N5O8S. The predicted octanol–water partition coefficient (Wildman–Crippen LogP) is -3.21. The van der Waals surface area contributed by atoms with E-state index < -0.39 is 72.6 Å². The van der Waals surface area contributed by atoms with Crippen molar-refractivity contribution in [2.45, 2.75) is 50.9 Å². The molecule has 0 aliphatic carbocycles. The van der Waals surface area contributed by atoms with Gasteiger partial charge in [0.1, 0.15) is 18.1 Å². The van der Waals surface area contributed by atoms with Crippen LogP contribution in [0, 0.1) is 5.92 Å². The highest BCUT2D eigenvalue weighted by atomic mass is 32.1. The van der Waals surface area contributed by atoms with Gasteiger partial charge in [-0.3, -0.25) is 24.0 Å². The molecule has 0 spiro atoms. The normalized spacial score (nSPS) is 14.7. The third-order valence-electron chi connectivity index (χ3n) is 3.87. The first-order chi connectivity index (χ1) is 13.8. The van der Waals surface area contributed by atoms with E-state index in [-0.39, 0.29) is 11.7 Å². The Labute approximate surface area is 177 Å². The molecule has 13 nitrogen and oxygen atoms in total. The van der Waals surface area contributed by atoms with Crippen LogP contribution in [-0.4, -0.2) is 75.7 Å². The number of nitrogens with one attached hydrogen (secondary N) is 3. The smallest absolute Gasteiger partial charge is 0.327 e. The van der Waals surface area contributed by atoms with Crippen LogP contribution in [0.25, 0.3) is 0 Å². The number of carboxylic acids is 2. The highest BCUT2D eigenvalue weighted by Gasteiger charge is 2.32. The van der Waals surface area contributed by atoms with Gasteiger partial charge in [0.2, 0.25) is 23.6 Å². The average Bonchev–Trinajstić information content (AvgIpc) is 2.62. The largest absolute Gasteiger partial charge is 0.481 e. The fourth-order valence-electron chi connectivity index (χ4n) is 2.10. The molecule has 4 unspecified atom stereocenters. The van der Waals surface area contributed by atoms with Crippen LogP contribution >= 0.6 is 12.6 Å². The number of carbonyl (C=O) groups excluding carboxylic acids is 4. The quantitative estimate of drug-likeness (QED) is 0.132. The number of aliphatic carboxylic acids is 2. The number of amides is 4. The number of hydrogen-bond donors (Lipinski definition) is 8. The van der Waals surface area contributed by atoms with Crippen molar-refractivity contribution in [1.29, 1.82) is 0 Å². The minimum atomic E-state index is -1.61. The standard InChI is InChI=1S/C16H27N5O8S/c1-6(2)12(18)15(27)20-8(4-11(23)24)14(26)19-7(3-10(17)22)13(25)21-9(5-30)16(28)29/h6-9,12,30H,3-5,18H2,1-2H3,(H2,17,22)(H,19,26)(H,20,27)(H,21,25)(H,23,24)(H,28,29). The number of carbonyl (C=O) groups is 6. The molecular weight excluding hydrogens is 422 g/mol. The summed E-state index contributed by atoms with van der Waals surface area (Å²) in [5.74, 6) is -7.34. The van der Waals surface area contributed by atoms with Crippen LogP contribution in [0.2, 0.25) is 0 Å². The summed E-state index contributed by atoms with van der Waals surface area (Å²) < 4.78 is 0. The Bertz CT molecular complexity index is 687. The molecule has 0 fully saturated rings. The van der Waals surface area contributed by atoms with E-state index in [9.17, 15) is 28.8 Å². The Kier molecular flexibility index (Phi) is 11.4. The maximum atomic E-state index is 12.5. The van der Waals surface area contributed by atoms with E-state index in [0.717, 1.165) is 0 Å². The van der Waals surface area contributed by atoms with Crippen molar-refractivity contribution < 1.29 is 39.0 Å². The molecule has 0 bridgehead atoms. The Hall–Kier alpha value is -2.87. The highest BCUT2D eigenvalue weighted by Crippen LogP contribution is 2.03. The summed E-state index contributed by atoms with van der Waals surface area (Å²) in [7, 11) is 0. The van der Waals surface area contributed by atoms with Crippen LogP contribution in [-0.2, 0) is 28.8 Å². The molecule has 14 heteroatoms. The van der Waals surface area contributed by atoms with Crippen LogP contribution < -0.4 is 27.4 Å². The van der Waals surface area contributed by atoms with Gasteiger partial charge in [-0.15, -0.1) is 0 Å². The fraction of sp³-hybridized carbons (Fsp3) is 0.625. The van der Waals surface area contributed by atoms with Crippen molar-refractivity contribution >= 4 is 48.2 Å². The Balaban J connectivity index is 5.48. The molecule has 0 aliphatic rings. The lowest BCUT2D eigenvalue weighted by Gasteiger charge is -2.24. The van der Waals surface area contributed by atoms with E-state index in [0.29, 0.717) is 0 Å². The SMILES string of the molecule is CC(C)C(N)C(=O)NC(CC(=O)O)C(=O)NC(CC(N)=O)C(=O)NC(CS)C(=O)O. The van der Waals surface area contributed by atoms with Crippen molar-refractivity contribution in [2.75, 3.05) is 5.75 Å². The lowest BCUT2D eigenvalue weighted by Crippen LogP contribution is -2.58. The average molecular weight is 449 g/mol. The van der Waals surface area contributed by atoms with Gasteiger partial charge in [-0.05, 0) is 5.92 Å². The zero-order chi connectivity index (χ0) is 23.6. The van der Waals surface area contributed by atoms with Crippen molar-refractivity contribution in [3.05, 3.63) is 0 Å². The molecule has 0 aliphatic heterocycles. The summed E-state index contributed by atoms with van der Waals surface area (Å²) in [5, 5.41) is 24.4. The molecule has 4 atom stereocenters. The molecule has 9 N–H and O–H groups in total. The molecule has 0 saturated heterocycles. The van der Waals surface area contributed by atoms with Crippen LogP contribution in [0.4, 0.5) is 0 Å². The van der Waals surface area contributed by atoms with Gasteiger partial charge in [0.25, 0.3) is 0 Å². The highest BCUT2D eigenvalue weighted by molar-refractivity contribution is 7.80. The monoisotopic (exact) mass is 449 g/mol. The number of hydrogen-bond acceptors (Lipinski definition) is 8. The summed E-state index contributed by atoms with van der Waals surface area (Å²) in [6.45, 7) is 3.29. The van der Waals surface area contributed by atoms with Crippen molar-refractivity contribution in [2.24, 2.45) is 17.4 Å². The first kappa shape index (κ1) is 27.1. The van der Waals surface area contributed by atoms with Crippen LogP contribution in [0.1, 0.15) is 26.7 Å². The van der Waals surface area contributed by atoms with E-state index >= 15 is 0 Å².